The molecule has 0 saturated carbocycles. The average Bonchev–Trinajstić information content (AvgIpc) is 3.85. The van der Waals surface area contributed by atoms with E-state index in [2.05, 4.69) is 161 Å². The number of rotatable bonds is 5. The lowest BCUT2D eigenvalue weighted by Crippen LogP contribution is -2.00. The van der Waals surface area contributed by atoms with Crippen molar-refractivity contribution in [2.24, 2.45) is 0 Å². The molecule has 62 heavy (non-hydrogen) atoms. The maximum atomic E-state index is 5.09. The zero-order valence-electron chi connectivity index (χ0n) is 33.4. The summed E-state index contributed by atoms with van der Waals surface area (Å²) in [5.74, 6) is 1.94. The molecule has 10 aromatic carbocycles. The molecule has 288 valence electrons. The second-order valence-corrected chi connectivity index (χ2v) is 16.0. The van der Waals surface area contributed by atoms with Crippen LogP contribution in [0.15, 0.2) is 212 Å². The van der Waals surface area contributed by atoms with E-state index in [1.807, 2.05) is 60.7 Å². The van der Waals surface area contributed by atoms with Gasteiger partial charge < -0.3 is 9.13 Å². The Bertz CT molecular complexity index is 3820. The largest absolute Gasteiger partial charge is 0.309 e. The van der Waals surface area contributed by atoms with Crippen molar-refractivity contribution in [3.05, 3.63) is 212 Å². The Hall–Kier alpha value is -8.41. The smallest absolute Gasteiger partial charge is 0.164 e. The monoisotopic (exact) mass is 789 g/mol. The summed E-state index contributed by atoms with van der Waals surface area (Å²) >= 11 is 0. The van der Waals surface area contributed by atoms with Gasteiger partial charge in [-0.2, -0.15) is 0 Å². The van der Waals surface area contributed by atoms with Gasteiger partial charge in [0.25, 0.3) is 0 Å². The third-order valence-corrected chi connectivity index (χ3v) is 12.5. The maximum absolute atomic E-state index is 5.09. The van der Waals surface area contributed by atoms with Gasteiger partial charge in [-0.3, -0.25) is 0 Å². The van der Waals surface area contributed by atoms with E-state index in [4.69, 9.17) is 15.0 Å². The van der Waals surface area contributed by atoms with Gasteiger partial charge in [0.1, 0.15) is 0 Å². The van der Waals surface area contributed by atoms with E-state index < -0.39 is 0 Å². The number of nitrogens with zero attached hydrogens (tertiary/aromatic N) is 5. The number of hydrogen-bond donors (Lipinski definition) is 0. The Balaban J connectivity index is 1.08. The van der Waals surface area contributed by atoms with Crippen molar-refractivity contribution in [1.29, 1.82) is 0 Å². The van der Waals surface area contributed by atoms with Gasteiger partial charge in [0.15, 0.2) is 17.5 Å². The summed E-state index contributed by atoms with van der Waals surface area (Å²) in [5, 5.41) is 12.1. The van der Waals surface area contributed by atoms with E-state index in [9.17, 15) is 0 Å². The van der Waals surface area contributed by atoms with E-state index in [-0.39, 0.29) is 0 Å². The van der Waals surface area contributed by atoms with Crippen LogP contribution in [0.4, 0.5) is 0 Å². The van der Waals surface area contributed by atoms with Crippen molar-refractivity contribution >= 4 is 75.9 Å². The minimum atomic E-state index is 0.641. The third-order valence-electron chi connectivity index (χ3n) is 12.5. The number of fused-ring (bicyclic) bond motifs is 12. The van der Waals surface area contributed by atoms with Crippen LogP contribution in [0.25, 0.3) is 121 Å². The molecule has 0 N–H and O–H groups in total. The summed E-state index contributed by atoms with van der Waals surface area (Å²) in [5.41, 5.74) is 9.86. The standard InChI is InChI=1S/C57H35N5/c1-4-17-36(18-5-1)55-58-56(37-19-6-2-7-20-37)60-57(59-55)38-31-32-41-45-27-16-30-51(54(45)44-26-11-10-23-40(44)46(41)33-38)62-50-29-15-13-25-43(50)48-34-47-42-24-12-14-28-49(42)61(52(47)35-53(48)62)39-21-8-3-9-22-39/h1-35H. The topological polar surface area (TPSA) is 48.5 Å². The van der Waals surface area contributed by atoms with Crippen LogP contribution in [0.2, 0.25) is 0 Å². The van der Waals surface area contributed by atoms with Gasteiger partial charge >= 0.3 is 0 Å². The van der Waals surface area contributed by atoms with Crippen LogP contribution < -0.4 is 0 Å². The van der Waals surface area contributed by atoms with Gasteiger partial charge in [0, 0.05) is 49.3 Å². The Morgan fingerprint density at radius 3 is 1.35 bits per heavy atom. The van der Waals surface area contributed by atoms with Crippen LogP contribution in [-0.4, -0.2) is 24.1 Å². The molecular weight excluding hydrogens is 755 g/mol. The second-order valence-electron chi connectivity index (χ2n) is 16.0. The molecule has 0 saturated heterocycles. The molecule has 0 atom stereocenters. The zero-order chi connectivity index (χ0) is 40.7. The van der Waals surface area contributed by atoms with Gasteiger partial charge in [0.2, 0.25) is 0 Å². The fourth-order valence-electron chi connectivity index (χ4n) is 9.79. The van der Waals surface area contributed by atoms with Crippen molar-refractivity contribution in [3.63, 3.8) is 0 Å². The number of hydrogen-bond acceptors (Lipinski definition) is 3. The highest BCUT2D eigenvalue weighted by Crippen LogP contribution is 2.44. The van der Waals surface area contributed by atoms with Gasteiger partial charge in [0.05, 0.1) is 27.8 Å². The van der Waals surface area contributed by atoms with Crippen molar-refractivity contribution in [2.45, 2.75) is 0 Å². The normalized spacial score (nSPS) is 11.9. The van der Waals surface area contributed by atoms with Crippen LogP contribution in [0.1, 0.15) is 0 Å². The first kappa shape index (κ1) is 34.5. The SMILES string of the molecule is c1ccc(-c2nc(-c3ccccc3)nc(-c3ccc4c(c3)c3ccccc3c3c(-n5c6ccccc6c6cc7c8ccccc8n(-c8ccccc8)c7cc65)cccc43)n2)cc1. The quantitative estimate of drug-likeness (QED) is 0.163. The lowest BCUT2D eigenvalue weighted by atomic mass is 9.92. The summed E-state index contributed by atoms with van der Waals surface area (Å²) in [6, 6.07) is 75.8. The highest BCUT2D eigenvalue weighted by Gasteiger charge is 2.21. The molecule has 13 rings (SSSR count). The fraction of sp³-hybridized carbons (Fsp3) is 0. The molecule has 0 fully saturated rings. The molecule has 13 aromatic rings. The van der Waals surface area contributed by atoms with Crippen LogP contribution in [0.5, 0.6) is 0 Å². The van der Waals surface area contributed by atoms with Crippen LogP contribution >= 0.6 is 0 Å². The van der Waals surface area contributed by atoms with Crippen LogP contribution in [0.3, 0.4) is 0 Å². The summed E-state index contributed by atoms with van der Waals surface area (Å²) in [6.07, 6.45) is 0. The second kappa shape index (κ2) is 13.6. The third kappa shape index (κ3) is 5.18. The van der Waals surface area contributed by atoms with Gasteiger partial charge in [-0.25, -0.2) is 15.0 Å². The van der Waals surface area contributed by atoms with E-state index in [1.54, 1.807) is 0 Å². The Labute approximate surface area is 356 Å². The molecule has 0 unspecified atom stereocenters. The average molecular weight is 790 g/mol. The molecule has 5 heteroatoms. The maximum Gasteiger partial charge on any atom is 0.164 e. The van der Waals surface area contributed by atoms with Gasteiger partial charge in [-0.05, 0) is 75.5 Å². The van der Waals surface area contributed by atoms with E-state index in [1.165, 1.54) is 70.5 Å². The molecule has 5 nitrogen and oxygen atoms in total. The molecular formula is C57H35N5. The Morgan fingerprint density at radius 1 is 0.258 bits per heavy atom. The van der Waals surface area contributed by atoms with Crippen molar-refractivity contribution in [2.75, 3.05) is 0 Å². The molecule has 0 aliphatic heterocycles. The first-order valence-electron chi connectivity index (χ1n) is 21.0. The first-order chi connectivity index (χ1) is 30.8. The Morgan fingerprint density at radius 2 is 0.726 bits per heavy atom. The minimum absolute atomic E-state index is 0.641. The number of para-hydroxylation sites is 3. The molecule has 0 aliphatic rings. The molecule has 0 bridgehead atoms. The van der Waals surface area contributed by atoms with Crippen molar-refractivity contribution in [3.8, 4) is 45.5 Å². The Kier molecular flexibility index (Phi) is 7.54. The zero-order valence-corrected chi connectivity index (χ0v) is 33.4. The first-order valence-corrected chi connectivity index (χ1v) is 21.0. The predicted octanol–water partition coefficient (Wildman–Crippen LogP) is 14.5. The van der Waals surface area contributed by atoms with Gasteiger partial charge in [-0.15, -0.1) is 0 Å². The van der Waals surface area contributed by atoms with E-state index in [0.717, 1.165) is 33.5 Å². The summed E-state index contributed by atoms with van der Waals surface area (Å²) in [4.78, 5) is 15.1. The summed E-state index contributed by atoms with van der Waals surface area (Å²) < 4.78 is 4.90. The highest BCUT2D eigenvalue weighted by atomic mass is 15.0. The van der Waals surface area contributed by atoms with E-state index in [0.29, 0.717) is 17.5 Å². The summed E-state index contributed by atoms with van der Waals surface area (Å²) in [6.45, 7) is 0. The van der Waals surface area contributed by atoms with Crippen molar-refractivity contribution < 1.29 is 0 Å². The molecule has 0 aliphatic carbocycles. The van der Waals surface area contributed by atoms with Gasteiger partial charge in [-0.1, -0.05) is 164 Å². The fourth-order valence-corrected chi connectivity index (χ4v) is 9.79. The highest BCUT2D eigenvalue weighted by molar-refractivity contribution is 6.28. The van der Waals surface area contributed by atoms with Crippen LogP contribution in [0, 0.1) is 0 Å². The van der Waals surface area contributed by atoms with Crippen molar-refractivity contribution in [1.82, 2.24) is 24.1 Å². The predicted molar refractivity (Wildman–Crippen MR) is 257 cm³/mol. The molecule has 0 spiro atoms. The lowest BCUT2D eigenvalue weighted by Gasteiger charge is -2.17. The van der Waals surface area contributed by atoms with E-state index >= 15 is 0 Å². The molecule has 3 aromatic heterocycles. The number of aromatic nitrogens is 5. The minimum Gasteiger partial charge on any atom is -0.309 e. The summed E-state index contributed by atoms with van der Waals surface area (Å²) in [7, 11) is 0. The van der Waals surface area contributed by atoms with Crippen LogP contribution in [-0.2, 0) is 0 Å². The molecule has 0 radical (unpaired) electrons. The molecule has 0 amide bonds. The molecule has 3 heterocycles. The number of benzene rings is 10. The lowest BCUT2D eigenvalue weighted by molar-refractivity contribution is 1.07.